The number of benzene rings is 2. The quantitative estimate of drug-likeness (QED) is 0.701. The van der Waals surface area contributed by atoms with Gasteiger partial charge in [-0.15, -0.1) is 0 Å². The molecule has 2 aliphatic heterocycles. The molecule has 2 aromatic carbocycles. The van der Waals surface area contributed by atoms with Crippen LogP contribution in [0.3, 0.4) is 0 Å². The minimum atomic E-state index is -0.471. The van der Waals surface area contributed by atoms with E-state index in [1.165, 1.54) is 4.90 Å². The fourth-order valence-electron chi connectivity index (χ4n) is 5.04. The van der Waals surface area contributed by atoms with Crippen LogP contribution in [0, 0.1) is 11.8 Å². The Morgan fingerprint density at radius 1 is 0.935 bits per heavy atom. The molecule has 0 unspecified atom stereocenters. The van der Waals surface area contributed by atoms with Crippen molar-refractivity contribution in [2.24, 2.45) is 11.8 Å². The Balaban J connectivity index is 1.39. The molecule has 3 aliphatic rings. The van der Waals surface area contributed by atoms with E-state index in [0.29, 0.717) is 25.1 Å². The van der Waals surface area contributed by atoms with E-state index in [-0.39, 0.29) is 30.4 Å². The van der Waals surface area contributed by atoms with E-state index >= 15 is 0 Å². The first-order valence-corrected chi connectivity index (χ1v) is 10.8. The van der Waals surface area contributed by atoms with Crippen LogP contribution in [0.4, 0.5) is 10.5 Å². The molecule has 2 aromatic rings. The van der Waals surface area contributed by atoms with Crippen LogP contribution in [0.2, 0.25) is 0 Å². The van der Waals surface area contributed by atoms with Crippen LogP contribution in [-0.4, -0.2) is 29.4 Å². The second-order valence-electron chi connectivity index (χ2n) is 8.24. The number of nitrogens with zero attached hydrogens (tertiary/aromatic N) is 2. The summed E-state index contributed by atoms with van der Waals surface area (Å²) in [6.45, 7) is 0.790. The van der Waals surface area contributed by atoms with Crippen LogP contribution in [-0.2, 0) is 20.9 Å². The summed E-state index contributed by atoms with van der Waals surface area (Å²) in [7, 11) is 0. The lowest BCUT2D eigenvalue weighted by Crippen LogP contribution is -2.40. The van der Waals surface area contributed by atoms with Crippen molar-refractivity contribution in [1.29, 1.82) is 0 Å². The van der Waals surface area contributed by atoms with Crippen LogP contribution in [0.5, 0.6) is 0 Å². The summed E-state index contributed by atoms with van der Waals surface area (Å²) in [5.74, 6) is -1.11. The van der Waals surface area contributed by atoms with Gasteiger partial charge in [-0.25, -0.2) is 9.69 Å². The number of amides is 3. The highest BCUT2D eigenvalue weighted by atomic mass is 16.6. The standard InChI is InChI=1S/C25H24N2O4/c28-23-20-13-14-21-19(22(20)24(29)27(23)18-10-5-2-6-11-18)12-7-15-26(21)25(30)31-16-17-8-3-1-4-9-17/h1-6,8-11,20,22H,7,12-16H2/t20-,22+/m0/s1. The molecule has 3 amide bonds. The average molecular weight is 416 g/mol. The van der Waals surface area contributed by atoms with E-state index in [0.717, 1.165) is 29.7 Å². The molecule has 0 spiro atoms. The fraction of sp³-hybridized carbons (Fsp3) is 0.320. The average Bonchev–Trinajstić information content (AvgIpc) is 3.08. The molecule has 2 atom stereocenters. The van der Waals surface area contributed by atoms with Crippen molar-refractivity contribution in [1.82, 2.24) is 4.90 Å². The molecule has 2 heterocycles. The summed E-state index contributed by atoms with van der Waals surface area (Å²) in [5, 5.41) is 0. The van der Waals surface area contributed by atoms with Crippen molar-refractivity contribution in [3.8, 4) is 0 Å². The molecule has 1 aliphatic carbocycles. The molecule has 31 heavy (non-hydrogen) atoms. The van der Waals surface area contributed by atoms with Gasteiger partial charge in [0.1, 0.15) is 6.61 Å². The zero-order chi connectivity index (χ0) is 21.4. The summed E-state index contributed by atoms with van der Waals surface area (Å²) in [5.41, 5.74) is 3.36. The summed E-state index contributed by atoms with van der Waals surface area (Å²) >= 11 is 0. The van der Waals surface area contributed by atoms with E-state index < -0.39 is 5.92 Å². The van der Waals surface area contributed by atoms with Gasteiger partial charge in [0, 0.05) is 12.2 Å². The van der Waals surface area contributed by atoms with E-state index in [1.807, 2.05) is 48.5 Å². The molecular formula is C25H24N2O4. The lowest BCUT2D eigenvalue weighted by molar-refractivity contribution is -0.122. The topological polar surface area (TPSA) is 66.9 Å². The van der Waals surface area contributed by atoms with Crippen LogP contribution in [0.1, 0.15) is 31.2 Å². The number of para-hydroxylation sites is 1. The molecule has 0 saturated carbocycles. The van der Waals surface area contributed by atoms with Gasteiger partial charge in [-0.3, -0.25) is 14.5 Å². The number of imide groups is 1. The van der Waals surface area contributed by atoms with Crippen molar-refractivity contribution in [2.45, 2.75) is 32.3 Å². The molecule has 158 valence electrons. The number of carbonyl (C=O) groups excluding carboxylic acids is 3. The number of ether oxygens (including phenoxy) is 1. The van der Waals surface area contributed by atoms with Gasteiger partial charge in [0.25, 0.3) is 0 Å². The van der Waals surface area contributed by atoms with Gasteiger partial charge in [-0.05, 0) is 49.0 Å². The Morgan fingerprint density at radius 2 is 1.65 bits per heavy atom. The van der Waals surface area contributed by atoms with Crippen molar-refractivity contribution in [3.63, 3.8) is 0 Å². The van der Waals surface area contributed by atoms with Crippen molar-refractivity contribution in [3.05, 3.63) is 77.5 Å². The summed E-state index contributed by atoms with van der Waals surface area (Å²) in [6, 6.07) is 18.7. The van der Waals surface area contributed by atoms with E-state index in [4.69, 9.17) is 4.74 Å². The zero-order valence-electron chi connectivity index (χ0n) is 17.2. The Kier molecular flexibility index (Phi) is 5.06. The van der Waals surface area contributed by atoms with Crippen LogP contribution in [0.15, 0.2) is 71.9 Å². The van der Waals surface area contributed by atoms with Crippen LogP contribution >= 0.6 is 0 Å². The molecule has 0 N–H and O–H groups in total. The largest absolute Gasteiger partial charge is 0.444 e. The highest BCUT2D eigenvalue weighted by Crippen LogP contribution is 2.47. The van der Waals surface area contributed by atoms with E-state index in [9.17, 15) is 14.4 Å². The second kappa shape index (κ2) is 8.02. The third kappa shape index (κ3) is 3.42. The lowest BCUT2D eigenvalue weighted by atomic mass is 9.75. The predicted molar refractivity (Wildman–Crippen MR) is 115 cm³/mol. The molecule has 1 fully saturated rings. The maximum Gasteiger partial charge on any atom is 0.414 e. The smallest absolute Gasteiger partial charge is 0.414 e. The van der Waals surface area contributed by atoms with Gasteiger partial charge in [-0.2, -0.15) is 0 Å². The molecule has 6 nitrogen and oxygen atoms in total. The van der Waals surface area contributed by atoms with Gasteiger partial charge < -0.3 is 4.74 Å². The lowest BCUT2D eigenvalue weighted by Gasteiger charge is -2.37. The Morgan fingerprint density at radius 3 is 2.39 bits per heavy atom. The van der Waals surface area contributed by atoms with Crippen molar-refractivity contribution >= 4 is 23.6 Å². The number of fused-ring (bicyclic) bond motifs is 2. The Hall–Kier alpha value is -3.41. The number of carbonyl (C=O) groups is 3. The van der Waals surface area contributed by atoms with E-state index in [2.05, 4.69) is 0 Å². The summed E-state index contributed by atoms with van der Waals surface area (Å²) in [4.78, 5) is 42.3. The fourth-order valence-corrected chi connectivity index (χ4v) is 5.04. The molecule has 0 radical (unpaired) electrons. The maximum absolute atomic E-state index is 13.3. The molecule has 5 rings (SSSR count). The SMILES string of the molecule is O=C(OCc1ccccc1)N1CCCC2=C1CC[C@@H]1C(=O)N(c3ccccc3)C(=O)[C@H]21. The predicted octanol–water partition coefficient (Wildman–Crippen LogP) is 4.27. The van der Waals surface area contributed by atoms with E-state index in [1.54, 1.807) is 17.0 Å². The summed E-state index contributed by atoms with van der Waals surface area (Å²) in [6.07, 6.45) is 2.29. The van der Waals surface area contributed by atoms with Gasteiger partial charge >= 0.3 is 6.09 Å². The molecule has 1 saturated heterocycles. The molecule has 0 aromatic heterocycles. The van der Waals surface area contributed by atoms with Gasteiger partial charge in [0.2, 0.25) is 11.8 Å². The number of anilines is 1. The van der Waals surface area contributed by atoms with Crippen molar-refractivity contribution < 1.29 is 19.1 Å². The van der Waals surface area contributed by atoms with Crippen LogP contribution < -0.4 is 4.90 Å². The monoisotopic (exact) mass is 416 g/mol. The number of allylic oxidation sites excluding steroid dienone is 1. The molecule has 6 heteroatoms. The van der Waals surface area contributed by atoms with Gasteiger partial charge in [-0.1, -0.05) is 48.5 Å². The van der Waals surface area contributed by atoms with Crippen LogP contribution in [0.25, 0.3) is 0 Å². The van der Waals surface area contributed by atoms with Crippen molar-refractivity contribution in [2.75, 3.05) is 11.4 Å². The number of hydrogen-bond acceptors (Lipinski definition) is 4. The Bertz CT molecular complexity index is 1050. The summed E-state index contributed by atoms with van der Waals surface area (Å²) < 4.78 is 5.56. The highest BCUT2D eigenvalue weighted by Gasteiger charge is 2.53. The first kappa shape index (κ1) is 19.5. The highest BCUT2D eigenvalue weighted by molar-refractivity contribution is 6.23. The molecule has 0 bridgehead atoms. The van der Waals surface area contributed by atoms with Gasteiger partial charge in [0.05, 0.1) is 17.5 Å². The molecular weight excluding hydrogens is 392 g/mol. The normalized spacial score (nSPS) is 23.0. The van der Waals surface area contributed by atoms with Gasteiger partial charge in [0.15, 0.2) is 0 Å². The minimum absolute atomic E-state index is 0.128. The second-order valence-corrected chi connectivity index (χ2v) is 8.24. The maximum atomic E-state index is 13.3. The number of rotatable bonds is 3. The Labute approximate surface area is 181 Å². The third-order valence-corrected chi connectivity index (χ3v) is 6.46. The third-order valence-electron chi connectivity index (χ3n) is 6.46. The first-order valence-electron chi connectivity index (χ1n) is 10.8. The zero-order valence-corrected chi connectivity index (χ0v) is 17.2. The first-order chi connectivity index (χ1) is 15.1. The number of hydrogen-bond donors (Lipinski definition) is 0. The minimum Gasteiger partial charge on any atom is -0.444 e.